The molecule has 0 saturated heterocycles. The Morgan fingerprint density at radius 1 is 1.10 bits per heavy atom. The Kier molecular flexibility index (Phi) is 9.14. The Morgan fingerprint density at radius 3 is 2.52 bits per heavy atom. The van der Waals surface area contributed by atoms with Crippen LogP contribution in [0.2, 0.25) is 0 Å². The first kappa shape index (κ1) is 30.0. The number of thiophene rings is 2. The summed E-state index contributed by atoms with van der Waals surface area (Å²) in [6.07, 6.45) is 2.82. The number of carbonyl (C=O) groups excluding carboxylic acids is 3. The molecule has 0 saturated carbocycles. The van der Waals surface area contributed by atoms with Crippen molar-refractivity contribution in [2.45, 2.75) is 52.1 Å². The predicted octanol–water partition coefficient (Wildman–Crippen LogP) is 6.03. The Morgan fingerprint density at radius 2 is 1.81 bits per heavy atom. The van der Waals surface area contributed by atoms with Crippen LogP contribution in [0, 0.1) is 12.8 Å². The van der Waals surface area contributed by atoms with E-state index in [4.69, 9.17) is 14.5 Å². The summed E-state index contributed by atoms with van der Waals surface area (Å²) in [5, 5.41) is 4.05. The van der Waals surface area contributed by atoms with Gasteiger partial charge in [-0.25, -0.2) is 14.6 Å². The molecule has 0 bridgehead atoms. The van der Waals surface area contributed by atoms with Crippen LogP contribution in [0.1, 0.15) is 63.2 Å². The highest BCUT2D eigenvalue weighted by atomic mass is 32.2. The molecule has 3 aromatic heterocycles. The third-order valence-corrected chi connectivity index (χ3v) is 10.3. The molecule has 0 aliphatic heterocycles. The predicted molar refractivity (Wildman–Crippen MR) is 167 cm³/mol. The molecule has 1 aliphatic carbocycles. The number of esters is 2. The van der Waals surface area contributed by atoms with Crippen molar-refractivity contribution in [3.05, 3.63) is 67.1 Å². The molecule has 0 fully saturated rings. The van der Waals surface area contributed by atoms with Gasteiger partial charge < -0.3 is 14.8 Å². The highest BCUT2D eigenvalue weighted by molar-refractivity contribution is 7.99. The first-order valence-electron chi connectivity index (χ1n) is 13.8. The van der Waals surface area contributed by atoms with Crippen LogP contribution in [0.25, 0.3) is 15.9 Å². The molecule has 3 heterocycles. The number of carbonyl (C=O) groups is 3. The van der Waals surface area contributed by atoms with Gasteiger partial charge in [-0.3, -0.25) is 14.2 Å². The van der Waals surface area contributed by atoms with Gasteiger partial charge in [0.1, 0.15) is 14.7 Å². The number of hydrogen-bond acceptors (Lipinski definition) is 10. The van der Waals surface area contributed by atoms with Crippen molar-refractivity contribution in [2.24, 2.45) is 5.92 Å². The number of hydrogen-bond donors (Lipinski definition) is 1. The molecule has 1 aliphatic rings. The number of aromatic nitrogens is 2. The van der Waals surface area contributed by atoms with E-state index in [-0.39, 0.29) is 40.0 Å². The lowest BCUT2D eigenvalue weighted by Crippen LogP contribution is -2.23. The van der Waals surface area contributed by atoms with E-state index in [0.29, 0.717) is 32.5 Å². The van der Waals surface area contributed by atoms with Gasteiger partial charge in [-0.05, 0) is 69.2 Å². The molecule has 0 radical (unpaired) electrons. The van der Waals surface area contributed by atoms with Crippen LogP contribution >= 0.6 is 34.4 Å². The Balaban J connectivity index is 1.47. The van der Waals surface area contributed by atoms with Crippen LogP contribution in [0.15, 0.2) is 40.3 Å². The molecule has 0 spiro atoms. The van der Waals surface area contributed by atoms with Gasteiger partial charge in [0.15, 0.2) is 5.16 Å². The first-order chi connectivity index (χ1) is 20.2. The summed E-state index contributed by atoms with van der Waals surface area (Å²) in [5.41, 5.74) is 2.14. The monoisotopic (exact) mass is 625 g/mol. The molecule has 1 N–H and O–H groups in total. The number of amides is 1. The van der Waals surface area contributed by atoms with Crippen molar-refractivity contribution in [2.75, 3.05) is 24.3 Å². The second-order valence-corrected chi connectivity index (χ2v) is 13.0. The van der Waals surface area contributed by atoms with Gasteiger partial charge >= 0.3 is 11.9 Å². The quantitative estimate of drug-likeness (QED) is 0.136. The van der Waals surface area contributed by atoms with Crippen molar-refractivity contribution in [1.29, 1.82) is 0 Å². The van der Waals surface area contributed by atoms with E-state index in [2.05, 4.69) is 12.2 Å². The molecular formula is C30H31N3O6S3. The maximum atomic E-state index is 14.0. The summed E-state index contributed by atoms with van der Waals surface area (Å²) < 4.78 is 11.9. The normalized spacial score (nSPS) is 14.4. The number of nitrogens with zero attached hydrogens (tertiary/aromatic N) is 2. The van der Waals surface area contributed by atoms with Gasteiger partial charge in [0, 0.05) is 4.88 Å². The number of nitrogens with one attached hydrogen (secondary N) is 1. The lowest BCUT2D eigenvalue weighted by Gasteiger charge is -2.17. The molecule has 0 unspecified atom stereocenters. The number of rotatable bonds is 9. The summed E-state index contributed by atoms with van der Waals surface area (Å²) in [6.45, 7) is 7.54. The zero-order chi connectivity index (χ0) is 30.0. The summed E-state index contributed by atoms with van der Waals surface area (Å²) in [7, 11) is 0. The maximum Gasteiger partial charge on any atom is 0.348 e. The van der Waals surface area contributed by atoms with E-state index < -0.39 is 17.8 Å². The zero-order valence-corrected chi connectivity index (χ0v) is 26.2. The van der Waals surface area contributed by atoms with E-state index in [0.717, 1.165) is 47.9 Å². The fourth-order valence-corrected chi connectivity index (χ4v) is 8.35. The Hall–Kier alpha value is -3.48. The van der Waals surface area contributed by atoms with Crippen molar-refractivity contribution < 1.29 is 23.9 Å². The van der Waals surface area contributed by atoms with Gasteiger partial charge in [0.05, 0.1) is 35.6 Å². The molecule has 12 heteroatoms. The number of aryl methyl sites for hydroxylation is 1. The second-order valence-electron chi connectivity index (χ2n) is 9.94. The van der Waals surface area contributed by atoms with Crippen LogP contribution in [0.3, 0.4) is 0 Å². The van der Waals surface area contributed by atoms with Gasteiger partial charge in [-0.1, -0.05) is 36.9 Å². The average molecular weight is 626 g/mol. The highest BCUT2D eigenvalue weighted by Crippen LogP contribution is 2.38. The number of thioether (sulfide) groups is 1. The smallest absolute Gasteiger partial charge is 0.348 e. The number of fused-ring (bicyclic) bond motifs is 3. The maximum absolute atomic E-state index is 14.0. The first-order valence-corrected chi connectivity index (χ1v) is 16.4. The number of para-hydroxylation sites is 1. The molecule has 42 heavy (non-hydrogen) atoms. The van der Waals surface area contributed by atoms with Crippen LogP contribution in [0.4, 0.5) is 5.00 Å². The Labute approximate surface area is 255 Å². The number of ether oxygens (including phenoxy) is 2. The standard InChI is InChI=1S/C30H31N3O6S3/c1-5-38-28(36)22-17(4)24(29(37)39-6-2)42-25(22)31-21(34)15-40-30-32-26-23(19-13-12-16(3)14-20(19)41-26)27(35)33(30)18-10-8-7-9-11-18/h7-11,16H,5-6,12-15H2,1-4H3,(H,31,34)/t16-/m1/s1. The van der Waals surface area contributed by atoms with Gasteiger partial charge in [-0.15, -0.1) is 22.7 Å². The highest BCUT2D eigenvalue weighted by Gasteiger charge is 2.28. The summed E-state index contributed by atoms with van der Waals surface area (Å²) >= 11 is 3.67. The number of benzene rings is 1. The van der Waals surface area contributed by atoms with E-state index in [1.165, 1.54) is 4.88 Å². The SMILES string of the molecule is CCOC(=O)c1sc(NC(=O)CSc2nc3sc4c(c3c(=O)n2-c2ccccc2)CC[C@@H](C)C4)c(C(=O)OCC)c1C. The zero-order valence-electron chi connectivity index (χ0n) is 23.8. The largest absolute Gasteiger partial charge is 0.462 e. The minimum absolute atomic E-state index is 0.0825. The van der Waals surface area contributed by atoms with Crippen LogP contribution in [-0.4, -0.2) is 46.4 Å². The van der Waals surface area contributed by atoms with Gasteiger partial charge in [0.2, 0.25) is 5.91 Å². The van der Waals surface area contributed by atoms with E-state index in [1.54, 1.807) is 36.7 Å². The molecule has 5 rings (SSSR count). The molecule has 1 atom stereocenters. The van der Waals surface area contributed by atoms with Crippen LogP contribution in [0.5, 0.6) is 0 Å². The molecule has 220 valence electrons. The van der Waals surface area contributed by atoms with Gasteiger partial charge in [-0.2, -0.15) is 0 Å². The second kappa shape index (κ2) is 12.8. The molecule has 1 amide bonds. The molecule has 1 aromatic carbocycles. The summed E-state index contributed by atoms with van der Waals surface area (Å²) in [5.74, 6) is -1.15. The lowest BCUT2D eigenvalue weighted by molar-refractivity contribution is -0.113. The van der Waals surface area contributed by atoms with Crippen LogP contribution < -0.4 is 10.9 Å². The lowest BCUT2D eigenvalue weighted by atomic mass is 9.89. The molecule has 4 aromatic rings. The third-order valence-electron chi connectivity index (χ3n) is 6.99. The van der Waals surface area contributed by atoms with E-state index in [1.807, 2.05) is 30.3 Å². The van der Waals surface area contributed by atoms with Gasteiger partial charge in [0.25, 0.3) is 5.56 Å². The van der Waals surface area contributed by atoms with Crippen molar-refractivity contribution in [1.82, 2.24) is 9.55 Å². The van der Waals surface area contributed by atoms with E-state index in [9.17, 15) is 19.2 Å². The molecular weight excluding hydrogens is 595 g/mol. The Bertz CT molecular complexity index is 1720. The topological polar surface area (TPSA) is 117 Å². The fourth-order valence-electron chi connectivity index (χ4n) is 5.01. The fraction of sp³-hybridized carbons (Fsp3) is 0.367. The molecule has 9 nitrogen and oxygen atoms in total. The minimum atomic E-state index is -0.634. The van der Waals surface area contributed by atoms with Crippen molar-refractivity contribution in [3.63, 3.8) is 0 Å². The number of anilines is 1. The van der Waals surface area contributed by atoms with Crippen molar-refractivity contribution in [3.8, 4) is 5.69 Å². The van der Waals surface area contributed by atoms with E-state index >= 15 is 0 Å². The van der Waals surface area contributed by atoms with Crippen LogP contribution in [-0.2, 0) is 27.1 Å². The van der Waals surface area contributed by atoms with Crippen molar-refractivity contribution >= 4 is 67.5 Å². The summed E-state index contributed by atoms with van der Waals surface area (Å²) in [6, 6.07) is 9.28. The summed E-state index contributed by atoms with van der Waals surface area (Å²) in [4.78, 5) is 59.4. The third kappa shape index (κ3) is 5.88. The average Bonchev–Trinajstić information content (AvgIpc) is 3.49. The minimum Gasteiger partial charge on any atom is -0.462 e.